The number of benzene rings is 7. The lowest BCUT2D eigenvalue weighted by molar-refractivity contribution is 0.335. The Labute approximate surface area is 748 Å². The number of hydrogen-bond acceptors (Lipinski definition) is 21. The van der Waals surface area contributed by atoms with Crippen molar-refractivity contribution in [3.05, 3.63) is 296 Å². The Hall–Kier alpha value is -12.2. The molecule has 5 aromatic heterocycles. The first-order valence-electron chi connectivity index (χ1n) is 45.0. The molecule has 12 aromatic rings. The van der Waals surface area contributed by atoms with Crippen molar-refractivity contribution in [3.63, 3.8) is 0 Å². The molecule has 0 fully saturated rings. The summed E-state index contributed by atoms with van der Waals surface area (Å²) < 4.78 is 0. The van der Waals surface area contributed by atoms with Gasteiger partial charge in [-0.05, 0) is 305 Å². The van der Waals surface area contributed by atoms with Gasteiger partial charge in [-0.2, -0.15) is 22.7 Å². The molecule has 0 radical (unpaired) electrons. The molecule has 640 valence electrons. The summed E-state index contributed by atoms with van der Waals surface area (Å²) in [6.45, 7) is 5.01. The highest BCUT2D eigenvalue weighted by Gasteiger charge is 2.45. The van der Waals surface area contributed by atoms with E-state index in [9.17, 15) is 0 Å². The summed E-state index contributed by atoms with van der Waals surface area (Å²) in [4.78, 5) is 60.2. The van der Waals surface area contributed by atoms with Crippen molar-refractivity contribution >= 4 is 58.3 Å². The average Bonchev–Trinajstić information content (AvgIpc) is 1.55. The molecule has 11 heterocycles. The smallest absolute Gasteiger partial charge is 0.191 e. The van der Waals surface area contributed by atoms with E-state index in [-0.39, 0.29) is 33.2 Å². The van der Waals surface area contributed by atoms with Crippen LogP contribution in [0.3, 0.4) is 0 Å². The molecule has 6 atom stereocenters. The molecule has 24 rings (SSSR count). The van der Waals surface area contributed by atoms with Crippen LogP contribution in [0, 0.1) is 0 Å². The number of hydrogen-bond donors (Lipinski definition) is 4. The second-order valence-corrected chi connectivity index (χ2v) is 38.7. The zero-order valence-corrected chi connectivity index (χ0v) is 74.6. The van der Waals surface area contributed by atoms with Gasteiger partial charge in [0.2, 0.25) is 0 Å². The lowest BCUT2D eigenvalue weighted by Crippen LogP contribution is -2.39. The maximum Gasteiger partial charge on any atom is 0.191 e. The summed E-state index contributed by atoms with van der Waals surface area (Å²) >= 11 is 3.53. The van der Waals surface area contributed by atoms with E-state index in [2.05, 4.69) is 238 Å². The van der Waals surface area contributed by atoms with Gasteiger partial charge in [-0.25, -0.2) is 39.9 Å². The normalized spacial score (nSPS) is 24.0. The molecular formula is C105H113N19S2. The Morgan fingerprint density at radius 2 is 0.698 bits per heavy atom. The van der Waals surface area contributed by atoms with Gasteiger partial charge in [-0.15, -0.1) is 0 Å². The summed E-state index contributed by atoms with van der Waals surface area (Å²) in [5, 5.41) is 8.76. The van der Waals surface area contributed by atoms with Crippen LogP contribution in [0.4, 0.5) is 0 Å². The number of aliphatic imine (C=N–C) groups is 6. The van der Waals surface area contributed by atoms with E-state index in [0.717, 1.165) is 182 Å². The third kappa shape index (κ3) is 17.5. The van der Waals surface area contributed by atoms with Crippen LogP contribution in [-0.4, -0.2) is 154 Å². The van der Waals surface area contributed by atoms with Gasteiger partial charge in [0.1, 0.15) is 19.0 Å². The molecule has 6 aliphatic carbocycles. The van der Waals surface area contributed by atoms with Crippen molar-refractivity contribution in [2.24, 2.45) is 52.9 Å². The Morgan fingerprint density at radius 3 is 1.13 bits per heavy atom. The summed E-state index contributed by atoms with van der Waals surface area (Å²) in [5.74, 6) is 4.18. The molecular weight excluding hydrogens is 1590 g/mol. The van der Waals surface area contributed by atoms with Crippen molar-refractivity contribution in [3.8, 4) is 66.8 Å². The van der Waals surface area contributed by atoms with E-state index in [1.165, 1.54) is 143 Å². The molecule has 0 saturated heterocycles. The minimum absolute atomic E-state index is 0.000890. The molecule has 6 unspecified atom stereocenters. The number of nitrogens with two attached hydrogens (primary N) is 4. The second kappa shape index (κ2) is 35.3. The van der Waals surface area contributed by atoms with Crippen molar-refractivity contribution in [2.45, 2.75) is 194 Å². The van der Waals surface area contributed by atoms with Gasteiger partial charge in [-0.1, -0.05) is 140 Å². The highest BCUT2D eigenvalue weighted by Crippen LogP contribution is 2.48. The second-order valence-electron chi connectivity index (χ2n) is 37.1. The molecule has 19 nitrogen and oxygen atoms in total. The highest BCUT2D eigenvalue weighted by molar-refractivity contribution is 7.08. The largest absolute Gasteiger partial charge is 0.387 e. The van der Waals surface area contributed by atoms with Crippen LogP contribution in [0.25, 0.3) is 66.8 Å². The molecule has 8 N–H and O–H groups in total. The molecule has 21 heteroatoms. The standard InChI is InChI=1S/C19H20N2.C18H20N4.C17H19N5.C17H18N4.C17H19N3S.C17H17NS/c20-18-10-12-19(21-18)11-9-17-15(13-19)7-4-8-16(17)14-5-2-1-3-6-14;1-13-21-18(11-22(13)2)7-6-17-14(8-18)4-3-5-16(17)15-9-19-12-20-10-15;1-22-10-17(21-16(22)18)6-5-15-12(7-17)3-2-4-14(15)13-8-19-11-20-9-13;18-16-5-7-17(21-16)6-4-12-2-1-3-14(15(12)8-17)13-9-19-11-20-10-13;1-20-11-17(19-16(20)18)7-5-15-12(9-17)3-2-4-14(15)13-6-8-21-10-13;1-6-17(18-8-1)7-4-13-2-3-14(10-16(13)11-17)15-5-9-19-12-15/h1-8H,9-13H2,(H2,20,21);3-5,9-10,12H,6-8,11H2,1-2H3;2-4,8-9,11H,5-7,10H2,1H3,(H2,18,21);1-3,9-11H,4-8H2,(H2,18,21);2-4,6,8,10H,5,7,9,11H2,1H3,(H2,18,19);2-3,5,8-10,12H,1,4,6-7,11H2. The van der Waals surface area contributed by atoms with E-state index in [1.54, 1.807) is 41.7 Å². The van der Waals surface area contributed by atoms with Crippen LogP contribution in [0.1, 0.15) is 151 Å². The van der Waals surface area contributed by atoms with Crippen LogP contribution in [0.2, 0.25) is 0 Å². The van der Waals surface area contributed by atoms with Crippen LogP contribution in [-0.2, 0) is 77.0 Å². The van der Waals surface area contributed by atoms with E-state index in [1.807, 2.05) is 51.3 Å². The van der Waals surface area contributed by atoms with Gasteiger partial charge in [0.05, 0.1) is 50.7 Å². The maximum absolute atomic E-state index is 5.99. The number of amidine groups is 3. The van der Waals surface area contributed by atoms with E-state index < -0.39 is 0 Å². The fourth-order valence-electron chi connectivity index (χ4n) is 22.2. The van der Waals surface area contributed by atoms with Gasteiger partial charge in [-0.3, -0.25) is 20.0 Å². The lowest BCUT2D eigenvalue weighted by atomic mass is 9.75. The van der Waals surface area contributed by atoms with Crippen molar-refractivity contribution < 1.29 is 0 Å². The van der Waals surface area contributed by atoms with E-state index in [0.29, 0.717) is 11.9 Å². The number of nitrogens with zero attached hydrogens (tertiary/aromatic N) is 15. The summed E-state index contributed by atoms with van der Waals surface area (Å²) in [5.41, 5.74) is 56.9. The number of likely N-dealkylation sites (N-methyl/N-ethyl adjacent to an activating group) is 3. The fraction of sp³-hybridized carbons (Fsp3) is 0.352. The number of guanidine groups is 2. The van der Waals surface area contributed by atoms with Crippen LogP contribution >= 0.6 is 22.7 Å². The number of fused-ring (bicyclic) bond motifs is 6. The predicted molar refractivity (Wildman–Crippen MR) is 516 cm³/mol. The number of aryl methyl sites for hydroxylation is 2. The van der Waals surface area contributed by atoms with Gasteiger partial charge < -0.3 is 37.6 Å². The first kappa shape index (κ1) is 83.4. The fourth-order valence-corrected chi connectivity index (χ4v) is 23.6. The average molecular weight is 1710 g/mol. The SMILES string of the molecule is C1=NC2(CC1)CCc1ccc(-c3ccsc3)cc1C2.CC1=NC2(CCc3c(cccc3-c3cncnc3)C2)CN1C.CN1CC2(CCc3c(cccc3-c3ccsc3)C2)N=C1N.CN1CC2(CCc3c(cccc3-c3cncnc3)C2)N=C1N.NC1=NC2(CC1)CCc1c(cccc1-c1ccccc1)C2.NC1=NC2(CC1)CCc1cccc(-c3cncnc3)c1C2. The van der Waals surface area contributed by atoms with Crippen LogP contribution in [0.15, 0.2) is 259 Å². The number of rotatable bonds is 6. The lowest BCUT2D eigenvalue weighted by Gasteiger charge is -2.33. The molecule has 6 aliphatic heterocycles. The minimum atomic E-state index is -0.0440. The quantitative estimate of drug-likeness (QED) is 0.121. The Balaban J connectivity index is 0.0000000988. The minimum Gasteiger partial charge on any atom is -0.387 e. The molecule has 0 bridgehead atoms. The van der Waals surface area contributed by atoms with E-state index in [4.69, 9.17) is 52.9 Å². The monoisotopic (exact) mass is 1700 g/mol. The third-order valence-electron chi connectivity index (χ3n) is 28.7. The highest BCUT2D eigenvalue weighted by atomic mass is 32.1. The topological polar surface area (TPSA) is 265 Å². The van der Waals surface area contributed by atoms with Crippen LogP contribution in [0.5, 0.6) is 0 Å². The number of aromatic nitrogens is 6. The van der Waals surface area contributed by atoms with E-state index >= 15 is 0 Å². The predicted octanol–water partition coefficient (Wildman–Crippen LogP) is 18.0. The van der Waals surface area contributed by atoms with Gasteiger partial charge >= 0.3 is 0 Å². The molecule has 0 amide bonds. The summed E-state index contributed by atoms with van der Waals surface area (Å²) in [7, 11) is 6.19. The van der Waals surface area contributed by atoms with Gasteiger partial charge in [0.25, 0.3) is 0 Å². The van der Waals surface area contributed by atoms with Crippen LogP contribution < -0.4 is 22.9 Å². The Bertz CT molecular complexity index is 6020. The third-order valence-corrected chi connectivity index (χ3v) is 30.1. The zero-order valence-electron chi connectivity index (χ0n) is 72.9. The molecule has 12 aliphatic rings. The first-order valence-corrected chi connectivity index (χ1v) is 46.9. The van der Waals surface area contributed by atoms with Crippen molar-refractivity contribution in [1.29, 1.82) is 0 Å². The zero-order chi connectivity index (χ0) is 86.0. The molecule has 6 spiro atoms. The Kier molecular flexibility index (Phi) is 23.4. The Morgan fingerprint density at radius 1 is 0.302 bits per heavy atom. The van der Waals surface area contributed by atoms with Crippen molar-refractivity contribution in [1.82, 2.24) is 44.6 Å². The summed E-state index contributed by atoms with van der Waals surface area (Å²) in [6, 6.07) is 55.1. The van der Waals surface area contributed by atoms with Gasteiger partial charge in [0.15, 0.2) is 11.9 Å². The maximum atomic E-state index is 5.99. The first-order chi connectivity index (χ1) is 61.4. The number of thiophene rings is 2. The molecule has 126 heavy (non-hydrogen) atoms. The van der Waals surface area contributed by atoms with Crippen molar-refractivity contribution in [2.75, 3.05) is 40.8 Å². The molecule has 0 saturated carbocycles. The van der Waals surface area contributed by atoms with Gasteiger partial charge in [0, 0.05) is 107 Å². The molecule has 7 aromatic carbocycles. The summed E-state index contributed by atoms with van der Waals surface area (Å²) in [6.07, 6.45) is 44.1.